The molecule has 0 fully saturated rings. The topological polar surface area (TPSA) is 200 Å². The van der Waals surface area contributed by atoms with E-state index in [2.05, 4.69) is 0 Å². The van der Waals surface area contributed by atoms with Gasteiger partial charge in [0.1, 0.15) is 36.8 Å². The Kier molecular flexibility index (Phi) is 7.02. The zero-order valence-electron chi connectivity index (χ0n) is 11.8. The highest BCUT2D eigenvalue weighted by Gasteiger charge is 2.41. The fourth-order valence-electron chi connectivity index (χ4n) is 1.84. The van der Waals surface area contributed by atoms with Crippen LogP contribution in [0.3, 0.4) is 0 Å². The number of carboxylic acid groups (broad SMARTS) is 1. The molecule has 23 heavy (non-hydrogen) atoms. The van der Waals surface area contributed by atoms with Gasteiger partial charge in [-0.15, -0.1) is 0 Å². The van der Waals surface area contributed by atoms with Gasteiger partial charge in [0.2, 0.25) is 12.0 Å². The Morgan fingerprint density at radius 2 is 2.04 bits per heavy atom. The maximum Gasteiger partial charge on any atom is 0.371 e. The Morgan fingerprint density at radius 1 is 1.43 bits per heavy atom. The van der Waals surface area contributed by atoms with Gasteiger partial charge in [-0.2, -0.15) is 0 Å². The number of carbonyl (C=O) groups excluding carboxylic acids is 1. The standard InChI is InChI=1S/C12H19NO10/c13-4(2-14)8(18)10(6(17)3-15)23-12-9(19)5(16)1-7(22-12)11(20)21/h1-2,4-6,8-10,12,15-19H,3,13H2,(H,20,21)/t4-,5+,6-,8+,9+,10-,12+/m1/s1. The van der Waals surface area contributed by atoms with E-state index in [9.17, 15) is 30.0 Å². The van der Waals surface area contributed by atoms with Crippen molar-refractivity contribution in [1.29, 1.82) is 0 Å². The van der Waals surface area contributed by atoms with E-state index in [1.807, 2.05) is 0 Å². The molecule has 0 spiro atoms. The summed E-state index contributed by atoms with van der Waals surface area (Å²) >= 11 is 0. The molecule has 0 saturated heterocycles. The molecule has 11 nitrogen and oxygen atoms in total. The van der Waals surface area contributed by atoms with Crippen molar-refractivity contribution in [1.82, 2.24) is 0 Å². The van der Waals surface area contributed by atoms with Gasteiger partial charge in [0, 0.05) is 0 Å². The third-order valence-electron chi connectivity index (χ3n) is 3.15. The fourth-order valence-corrected chi connectivity index (χ4v) is 1.84. The Hall–Kier alpha value is -1.60. The number of rotatable bonds is 8. The van der Waals surface area contributed by atoms with E-state index in [1.54, 1.807) is 0 Å². The van der Waals surface area contributed by atoms with Crippen LogP contribution in [0.15, 0.2) is 11.8 Å². The first-order valence-corrected chi connectivity index (χ1v) is 6.54. The maximum atomic E-state index is 10.9. The number of carbonyl (C=O) groups is 2. The summed E-state index contributed by atoms with van der Waals surface area (Å²) in [5.74, 6) is -2.27. The number of aliphatic hydroxyl groups is 5. The van der Waals surface area contributed by atoms with Crippen LogP contribution in [0.2, 0.25) is 0 Å². The number of carboxylic acids is 1. The lowest BCUT2D eigenvalue weighted by Crippen LogP contribution is -2.55. The lowest BCUT2D eigenvalue weighted by atomic mass is 10.0. The molecule has 0 aliphatic carbocycles. The van der Waals surface area contributed by atoms with Gasteiger partial charge in [0.15, 0.2) is 0 Å². The van der Waals surface area contributed by atoms with E-state index >= 15 is 0 Å². The van der Waals surface area contributed by atoms with E-state index in [0.717, 1.165) is 6.08 Å². The zero-order chi connectivity index (χ0) is 17.7. The van der Waals surface area contributed by atoms with Gasteiger partial charge in [0.25, 0.3) is 0 Å². The Morgan fingerprint density at radius 3 is 2.52 bits per heavy atom. The molecule has 0 aromatic rings. The molecule has 1 heterocycles. The van der Waals surface area contributed by atoms with Crippen molar-refractivity contribution >= 4 is 12.3 Å². The van der Waals surface area contributed by atoms with E-state index in [0.29, 0.717) is 0 Å². The highest BCUT2D eigenvalue weighted by molar-refractivity contribution is 5.84. The van der Waals surface area contributed by atoms with Crippen molar-refractivity contribution in [3.63, 3.8) is 0 Å². The molecular weight excluding hydrogens is 318 g/mol. The number of hydrogen-bond acceptors (Lipinski definition) is 10. The van der Waals surface area contributed by atoms with Crippen molar-refractivity contribution in [2.45, 2.75) is 42.9 Å². The summed E-state index contributed by atoms with van der Waals surface area (Å²) in [4.78, 5) is 21.5. The number of aliphatic carboxylic acids is 1. The van der Waals surface area contributed by atoms with Crippen LogP contribution in [0.5, 0.6) is 0 Å². The first kappa shape index (κ1) is 19.4. The first-order valence-electron chi connectivity index (χ1n) is 6.54. The summed E-state index contributed by atoms with van der Waals surface area (Å²) in [6.45, 7) is -0.889. The Bertz CT molecular complexity index is 455. The minimum atomic E-state index is -1.79. The molecule has 0 aromatic heterocycles. The van der Waals surface area contributed by atoms with Gasteiger partial charge in [-0.05, 0) is 6.08 Å². The number of aldehydes is 1. The largest absolute Gasteiger partial charge is 0.475 e. The SMILES string of the molecule is N[C@H](C=O)[C@H](O)[C@H](O[C@@H]1OC(C(=O)O)=C[C@H](O)[C@@H]1O)[C@H](O)CO. The molecule has 0 bridgehead atoms. The lowest BCUT2D eigenvalue weighted by molar-refractivity contribution is -0.255. The number of aliphatic hydroxyl groups excluding tert-OH is 5. The Balaban J connectivity index is 2.96. The molecule has 0 saturated carbocycles. The predicted molar refractivity (Wildman–Crippen MR) is 70.6 cm³/mol. The molecule has 7 atom stereocenters. The van der Waals surface area contributed by atoms with Crippen molar-refractivity contribution in [3.8, 4) is 0 Å². The van der Waals surface area contributed by atoms with Gasteiger partial charge >= 0.3 is 5.97 Å². The third kappa shape index (κ3) is 4.68. The van der Waals surface area contributed by atoms with E-state index < -0.39 is 61.2 Å². The van der Waals surface area contributed by atoms with Crippen molar-refractivity contribution in [3.05, 3.63) is 11.8 Å². The van der Waals surface area contributed by atoms with Gasteiger partial charge in [-0.1, -0.05) is 0 Å². The van der Waals surface area contributed by atoms with E-state index in [4.69, 9.17) is 25.4 Å². The summed E-state index contributed by atoms with van der Waals surface area (Å²) in [7, 11) is 0. The molecule has 0 amide bonds. The van der Waals surface area contributed by atoms with Gasteiger partial charge in [0.05, 0.1) is 12.6 Å². The van der Waals surface area contributed by atoms with Crippen LogP contribution in [-0.2, 0) is 19.1 Å². The zero-order valence-corrected chi connectivity index (χ0v) is 11.8. The second kappa shape index (κ2) is 8.31. The first-order chi connectivity index (χ1) is 10.7. The monoisotopic (exact) mass is 337 g/mol. The predicted octanol–water partition coefficient (Wildman–Crippen LogP) is -4.34. The molecule has 1 aliphatic rings. The molecular formula is C12H19NO10. The highest BCUT2D eigenvalue weighted by Crippen LogP contribution is 2.23. The minimum Gasteiger partial charge on any atom is -0.475 e. The normalized spacial score (nSPS) is 29.7. The molecule has 132 valence electrons. The molecule has 1 aliphatic heterocycles. The van der Waals surface area contributed by atoms with Crippen LogP contribution in [0.4, 0.5) is 0 Å². The van der Waals surface area contributed by atoms with Gasteiger partial charge in [-0.3, -0.25) is 0 Å². The molecule has 0 unspecified atom stereocenters. The van der Waals surface area contributed by atoms with Crippen LogP contribution < -0.4 is 5.73 Å². The van der Waals surface area contributed by atoms with Crippen molar-refractivity contribution < 1.29 is 49.7 Å². The van der Waals surface area contributed by atoms with Crippen molar-refractivity contribution in [2.24, 2.45) is 5.73 Å². The van der Waals surface area contributed by atoms with E-state index in [-0.39, 0.29) is 6.29 Å². The van der Waals surface area contributed by atoms with Gasteiger partial charge < -0.3 is 50.6 Å². The Labute approximate surface area is 130 Å². The highest BCUT2D eigenvalue weighted by atomic mass is 16.7. The summed E-state index contributed by atoms with van der Waals surface area (Å²) < 4.78 is 9.87. The smallest absolute Gasteiger partial charge is 0.371 e. The number of hydrogen-bond donors (Lipinski definition) is 7. The third-order valence-corrected chi connectivity index (χ3v) is 3.15. The maximum absolute atomic E-state index is 10.9. The van der Waals surface area contributed by atoms with Crippen LogP contribution in [0.25, 0.3) is 0 Å². The lowest BCUT2D eigenvalue weighted by Gasteiger charge is -2.36. The average Bonchev–Trinajstić information content (AvgIpc) is 2.53. The molecule has 0 radical (unpaired) electrons. The molecule has 0 aromatic carbocycles. The molecule has 8 N–H and O–H groups in total. The van der Waals surface area contributed by atoms with Gasteiger partial charge in [-0.25, -0.2) is 4.79 Å². The van der Waals surface area contributed by atoms with Crippen LogP contribution in [0, 0.1) is 0 Å². The van der Waals surface area contributed by atoms with Crippen molar-refractivity contribution in [2.75, 3.05) is 6.61 Å². The molecule has 11 heteroatoms. The summed E-state index contributed by atoms with van der Waals surface area (Å²) in [6.07, 6.45) is -9.49. The second-order valence-electron chi connectivity index (χ2n) is 4.86. The van der Waals surface area contributed by atoms with Crippen LogP contribution >= 0.6 is 0 Å². The van der Waals surface area contributed by atoms with Crippen LogP contribution in [0.1, 0.15) is 0 Å². The molecule has 1 rings (SSSR count). The quantitative estimate of drug-likeness (QED) is 0.211. The second-order valence-corrected chi connectivity index (χ2v) is 4.86. The van der Waals surface area contributed by atoms with Crippen LogP contribution in [-0.4, -0.2) is 92.4 Å². The summed E-state index contributed by atoms with van der Waals surface area (Å²) in [6, 6.07) is -1.48. The average molecular weight is 337 g/mol. The number of ether oxygens (including phenoxy) is 2. The summed E-state index contributed by atoms with van der Waals surface area (Å²) in [5, 5.41) is 56.6. The number of nitrogens with two attached hydrogens (primary N) is 1. The minimum absolute atomic E-state index is 0.167. The van der Waals surface area contributed by atoms with E-state index in [1.165, 1.54) is 0 Å². The summed E-state index contributed by atoms with van der Waals surface area (Å²) in [5.41, 5.74) is 5.30. The fraction of sp³-hybridized carbons (Fsp3) is 0.667.